The highest BCUT2D eigenvalue weighted by molar-refractivity contribution is 9.11. The Labute approximate surface area is 146 Å². The van der Waals surface area contributed by atoms with E-state index in [-0.39, 0.29) is 4.48 Å². The zero-order valence-electron chi connectivity index (χ0n) is 12.1. The van der Waals surface area contributed by atoms with Gasteiger partial charge >= 0.3 is 20.8 Å². The lowest BCUT2D eigenvalue weighted by molar-refractivity contribution is -0.0544. The number of aromatic nitrogens is 1. The monoisotopic (exact) mass is 447 g/mol. The topological polar surface area (TPSA) is 152 Å². The number of methoxy groups -OCH3 is 1. The van der Waals surface area contributed by atoms with Crippen LogP contribution < -0.4 is 0 Å². The highest BCUT2D eigenvalue weighted by atomic mass is 79.9. The fourth-order valence-corrected chi connectivity index (χ4v) is 4.21. The maximum atomic E-state index is 11.1. The van der Waals surface area contributed by atoms with Gasteiger partial charge in [-0.25, -0.2) is 8.37 Å². The van der Waals surface area contributed by atoms with Crippen LogP contribution in [0.5, 0.6) is 0 Å². The van der Waals surface area contributed by atoms with Gasteiger partial charge in [0, 0.05) is 29.9 Å². The summed E-state index contributed by atoms with van der Waals surface area (Å²) in [6.45, 7) is 0. The Balaban J connectivity index is 2.51. The van der Waals surface area contributed by atoms with Crippen LogP contribution in [0, 0.1) is 0 Å². The molecule has 0 bridgehead atoms. The summed E-state index contributed by atoms with van der Waals surface area (Å²) in [5.41, 5.74) is 0.688. The zero-order valence-corrected chi connectivity index (χ0v) is 15.3. The van der Waals surface area contributed by atoms with Crippen molar-refractivity contribution in [2.24, 2.45) is 0 Å². The minimum Gasteiger partial charge on any atom is -0.378 e. The molecule has 0 amide bonds. The van der Waals surface area contributed by atoms with E-state index in [1.54, 1.807) is 18.5 Å². The minimum atomic E-state index is -4.96. The molecule has 0 saturated heterocycles. The summed E-state index contributed by atoms with van der Waals surface area (Å²) in [5.74, 6) is -0.552. The lowest BCUT2D eigenvalue weighted by Gasteiger charge is -2.37. The van der Waals surface area contributed by atoms with Crippen molar-refractivity contribution >= 4 is 36.7 Å². The van der Waals surface area contributed by atoms with Gasteiger partial charge in [0.25, 0.3) is 0 Å². The summed E-state index contributed by atoms with van der Waals surface area (Å²) in [6.07, 6.45) is 0.561. The molecule has 0 fully saturated rings. The Morgan fingerprint density at radius 2 is 1.75 bits per heavy atom. The van der Waals surface area contributed by atoms with Gasteiger partial charge < -0.3 is 9.72 Å². The summed E-state index contributed by atoms with van der Waals surface area (Å²) in [4.78, 5) is 2.82. The Morgan fingerprint density at radius 1 is 1.12 bits per heavy atom. The predicted octanol–water partition coefficient (Wildman–Crippen LogP) is 0.782. The van der Waals surface area contributed by atoms with Gasteiger partial charge in [-0.15, -0.1) is 0 Å². The Kier molecular flexibility index (Phi) is 5.87. The maximum Gasteiger partial charge on any atom is 0.398 e. The smallest absolute Gasteiger partial charge is 0.378 e. The van der Waals surface area contributed by atoms with Crippen LogP contribution in [0.25, 0.3) is 0 Å². The number of H-pyrrole nitrogens is 1. The summed E-state index contributed by atoms with van der Waals surface area (Å²) >= 11 is 3.08. The van der Waals surface area contributed by atoms with E-state index in [1.165, 1.54) is 13.2 Å². The van der Waals surface area contributed by atoms with Crippen molar-refractivity contribution in [2.75, 3.05) is 7.11 Å². The van der Waals surface area contributed by atoms with Gasteiger partial charge in [0.2, 0.25) is 0 Å². The molecule has 1 aliphatic carbocycles. The van der Waals surface area contributed by atoms with Crippen LogP contribution in [0.4, 0.5) is 0 Å². The second-order valence-electron chi connectivity index (χ2n) is 4.86. The van der Waals surface area contributed by atoms with Crippen LogP contribution in [0.1, 0.15) is 11.5 Å². The molecule has 136 valence electrons. The first-order valence-corrected chi connectivity index (χ1v) is 9.88. The standard InChI is InChI=1S/C11H14BrNO9S2/c1-20-9-7(6-2-3-13-5-6)4-8(12)10(21-23(14,15)16)11(9)22-24(17,18)19/h2-5,7,9-11,13H,1H3,(H,14,15,16)(H,17,18,19)/t7-,9-,10-,11+/m1/s1. The zero-order chi connectivity index (χ0) is 18.1. The van der Waals surface area contributed by atoms with Gasteiger partial charge in [0.05, 0.1) is 6.10 Å². The van der Waals surface area contributed by atoms with Crippen molar-refractivity contribution in [2.45, 2.75) is 24.2 Å². The molecule has 13 heteroatoms. The second-order valence-corrected chi connectivity index (χ2v) is 7.87. The summed E-state index contributed by atoms with van der Waals surface area (Å²) in [7, 11) is -8.65. The number of nitrogens with one attached hydrogen (secondary N) is 1. The van der Waals surface area contributed by atoms with Crippen molar-refractivity contribution in [3.05, 3.63) is 34.6 Å². The van der Waals surface area contributed by atoms with E-state index in [0.29, 0.717) is 5.56 Å². The van der Waals surface area contributed by atoms with Gasteiger partial charge in [-0.3, -0.25) is 9.11 Å². The van der Waals surface area contributed by atoms with Crippen molar-refractivity contribution in [1.29, 1.82) is 0 Å². The van der Waals surface area contributed by atoms with Crippen LogP contribution in [0.2, 0.25) is 0 Å². The van der Waals surface area contributed by atoms with E-state index in [9.17, 15) is 16.8 Å². The van der Waals surface area contributed by atoms with Crippen LogP contribution >= 0.6 is 15.9 Å². The lowest BCUT2D eigenvalue weighted by Crippen LogP contribution is -2.49. The second kappa shape index (κ2) is 7.21. The lowest BCUT2D eigenvalue weighted by atomic mass is 9.84. The first-order chi connectivity index (χ1) is 11.0. The van der Waals surface area contributed by atoms with Gasteiger partial charge in [0.15, 0.2) is 0 Å². The number of ether oxygens (including phenoxy) is 1. The number of aromatic amines is 1. The molecule has 1 heterocycles. The van der Waals surface area contributed by atoms with Gasteiger partial charge in [-0.05, 0) is 11.6 Å². The molecule has 24 heavy (non-hydrogen) atoms. The molecular weight excluding hydrogens is 434 g/mol. The fraction of sp³-hybridized carbons (Fsp3) is 0.455. The number of hydrogen-bond acceptors (Lipinski definition) is 7. The summed E-state index contributed by atoms with van der Waals surface area (Å²) in [6, 6.07) is 1.70. The quantitative estimate of drug-likeness (QED) is 0.536. The highest BCUT2D eigenvalue weighted by Gasteiger charge is 2.46. The van der Waals surface area contributed by atoms with E-state index < -0.39 is 45.0 Å². The minimum absolute atomic E-state index is 0.0910. The van der Waals surface area contributed by atoms with Crippen LogP contribution in [0.3, 0.4) is 0 Å². The van der Waals surface area contributed by atoms with Crippen molar-refractivity contribution in [3.8, 4) is 0 Å². The molecule has 2 rings (SSSR count). The third-order valence-electron chi connectivity index (χ3n) is 3.32. The predicted molar refractivity (Wildman–Crippen MR) is 84.2 cm³/mol. The van der Waals surface area contributed by atoms with Crippen molar-refractivity contribution < 1.29 is 39.0 Å². The molecule has 0 radical (unpaired) electrons. The van der Waals surface area contributed by atoms with Crippen molar-refractivity contribution in [3.63, 3.8) is 0 Å². The molecule has 0 saturated carbocycles. The molecule has 1 aromatic rings. The van der Waals surface area contributed by atoms with Crippen LogP contribution in [-0.2, 0) is 33.9 Å². The number of halogens is 1. The molecule has 1 aromatic heterocycles. The molecule has 0 aromatic carbocycles. The fourth-order valence-electron chi connectivity index (χ4n) is 2.48. The van der Waals surface area contributed by atoms with E-state index in [1.807, 2.05) is 0 Å². The van der Waals surface area contributed by atoms with E-state index >= 15 is 0 Å². The normalized spacial score (nSPS) is 28.6. The van der Waals surface area contributed by atoms with Gasteiger partial charge in [-0.2, -0.15) is 16.8 Å². The average molecular weight is 448 g/mol. The Bertz CT molecular complexity index is 803. The van der Waals surface area contributed by atoms with Crippen molar-refractivity contribution in [1.82, 2.24) is 4.98 Å². The van der Waals surface area contributed by atoms with Gasteiger partial charge in [-0.1, -0.05) is 22.0 Å². The molecule has 3 N–H and O–H groups in total. The number of hydrogen-bond donors (Lipinski definition) is 3. The highest BCUT2D eigenvalue weighted by Crippen LogP contribution is 2.39. The van der Waals surface area contributed by atoms with Crippen LogP contribution in [-0.4, -0.2) is 56.3 Å². The van der Waals surface area contributed by atoms with E-state index in [4.69, 9.17) is 13.8 Å². The SMILES string of the molecule is CO[C@H]1[C@H](OS(=O)(=O)O)[C@H](OS(=O)(=O)O)C(Br)=C[C@@H]1c1cc[nH]c1. The average Bonchev–Trinajstić information content (AvgIpc) is 2.93. The van der Waals surface area contributed by atoms with E-state index in [2.05, 4.69) is 29.3 Å². The largest absolute Gasteiger partial charge is 0.398 e. The molecule has 10 nitrogen and oxygen atoms in total. The molecule has 0 aliphatic heterocycles. The first-order valence-electron chi connectivity index (χ1n) is 6.36. The van der Waals surface area contributed by atoms with Crippen LogP contribution in [0.15, 0.2) is 29.0 Å². The third kappa shape index (κ3) is 4.86. The molecule has 1 aliphatic rings. The van der Waals surface area contributed by atoms with Gasteiger partial charge in [0.1, 0.15) is 12.2 Å². The maximum absolute atomic E-state index is 11.1. The molecule has 0 spiro atoms. The Hall–Kier alpha value is -0.800. The molecular formula is C11H14BrNO9S2. The Morgan fingerprint density at radius 3 is 2.21 bits per heavy atom. The van der Waals surface area contributed by atoms with E-state index in [0.717, 1.165) is 0 Å². The molecule has 0 unspecified atom stereocenters. The third-order valence-corrected chi connectivity index (χ3v) is 4.96. The number of rotatable bonds is 6. The summed E-state index contributed by atoms with van der Waals surface area (Å²) in [5, 5.41) is 0. The first kappa shape index (κ1) is 19.5. The molecule has 4 atom stereocenters. The summed E-state index contributed by atoms with van der Waals surface area (Å²) < 4.78 is 76.6.